The predicted octanol–water partition coefficient (Wildman–Crippen LogP) is 2.26. The summed E-state index contributed by atoms with van der Waals surface area (Å²) in [6, 6.07) is 8.19. The Labute approximate surface area is 125 Å². The number of nitrogens with zero attached hydrogens (tertiary/aromatic N) is 3. The van der Waals surface area contributed by atoms with E-state index in [9.17, 15) is 5.11 Å². The lowest BCUT2D eigenvalue weighted by atomic mass is 9.96. The van der Waals surface area contributed by atoms with Crippen LogP contribution in [0.15, 0.2) is 30.6 Å². The third-order valence-corrected chi connectivity index (χ3v) is 3.57. The number of para-hydroxylation sites is 1. The fourth-order valence-electron chi connectivity index (χ4n) is 2.49. The summed E-state index contributed by atoms with van der Waals surface area (Å²) in [6.07, 6.45) is 3.03. The van der Waals surface area contributed by atoms with E-state index in [4.69, 9.17) is 4.74 Å². The molecule has 0 amide bonds. The van der Waals surface area contributed by atoms with Gasteiger partial charge >= 0.3 is 0 Å². The van der Waals surface area contributed by atoms with Gasteiger partial charge in [-0.05, 0) is 37.8 Å². The third-order valence-electron chi connectivity index (χ3n) is 3.57. The molecule has 0 aliphatic carbocycles. The second-order valence-corrected chi connectivity index (χ2v) is 5.48. The molecule has 1 atom stereocenters. The number of aliphatic hydroxyl groups is 1. The van der Waals surface area contributed by atoms with Crippen molar-refractivity contribution in [3.63, 3.8) is 0 Å². The van der Waals surface area contributed by atoms with Crippen molar-refractivity contribution < 1.29 is 9.84 Å². The molecule has 0 spiro atoms. The summed E-state index contributed by atoms with van der Waals surface area (Å²) < 4.78 is 7.28. The minimum atomic E-state index is 0.1000. The van der Waals surface area contributed by atoms with Crippen LogP contribution in [0.25, 0.3) is 0 Å². The minimum Gasteiger partial charge on any atom is -0.496 e. The van der Waals surface area contributed by atoms with Gasteiger partial charge in [-0.2, -0.15) is 5.10 Å². The van der Waals surface area contributed by atoms with E-state index in [0.717, 1.165) is 23.6 Å². The second kappa shape index (κ2) is 7.22. The van der Waals surface area contributed by atoms with Gasteiger partial charge in [-0.1, -0.05) is 18.2 Å². The zero-order chi connectivity index (χ0) is 15.2. The van der Waals surface area contributed by atoms with Gasteiger partial charge in [0.15, 0.2) is 0 Å². The monoisotopic (exact) mass is 289 g/mol. The molecule has 0 saturated carbocycles. The lowest BCUT2D eigenvalue weighted by molar-refractivity contribution is 0.220. The zero-order valence-corrected chi connectivity index (χ0v) is 12.9. The molecule has 1 N–H and O–H groups in total. The second-order valence-electron chi connectivity index (χ2n) is 5.48. The van der Waals surface area contributed by atoms with Gasteiger partial charge in [0.2, 0.25) is 0 Å². The van der Waals surface area contributed by atoms with Crippen molar-refractivity contribution >= 4 is 0 Å². The summed E-state index contributed by atoms with van der Waals surface area (Å²) in [5, 5.41) is 13.9. The van der Waals surface area contributed by atoms with Gasteiger partial charge in [0.25, 0.3) is 0 Å². The van der Waals surface area contributed by atoms with Crippen molar-refractivity contribution in [1.29, 1.82) is 0 Å². The van der Waals surface area contributed by atoms with Crippen LogP contribution in [0.5, 0.6) is 5.75 Å². The summed E-state index contributed by atoms with van der Waals surface area (Å²) in [6.45, 7) is 4.27. The van der Waals surface area contributed by atoms with Crippen molar-refractivity contribution in [3.8, 4) is 5.75 Å². The first kappa shape index (κ1) is 15.5. The maximum atomic E-state index is 9.68. The molecule has 1 heterocycles. The van der Waals surface area contributed by atoms with E-state index in [-0.39, 0.29) is 18.6 Å². The van der Waals surface area contributed by atoms with Crippen molar-refractivity contribution in [3.05, 3.63) is 42.0 Å². The average Bonchev–Trinajstić information content (AvgIpc) is 2.95. The minimum absolute atomic E-state index is 0.1000. The van der Waals surface area contributed by atoms with Crippen molar-refractivity contribution in [1.82, 2.24) is 14.8 Å². The highest BCUT2D eigenvalue weighted by Crippen LogP contribution is 2.22. The summed E-state index contributed by atoms with van der Waals surface area (Å²) in [4.78, 5) is 4.32. The molecule has 0 radical (unpaired) electrons. The van der Waals surface area contributed by atoms with Gasteiger partial charge in [-0.15, -0.1) is 0 Å². The Morgan fingerprint density at radius 3 is 2.67 bits per heavy atom. The molecule has 5 heteroatoms. The first-order chi connectivity index (χ1) is 10.2. The standard InChI is InChI=1S/C16H23N3O2/c1-12(2)19-16(17-11-18-19)9-13(10-20)8-14-6-4-5-7-15(14)21-3/h4-7,11-13,20H,8-10H2,1-3H3. The van der Waals surface area contributed by atoms with Gasteiger partial charge in [0.05, 0.1) is 7.11 Å². The van der Waals surface area contributed by atoms with Gasteiger partial charge in [0, 0.05) is 19.1 Å². The van der Waals surface area contributed by atoms with Gasteiger partial charge < -0.3 is 9.84 Å². The van der Waals surface area contributed by atoms with Crippen molar-refractivity contribution in [2.24, 2.45) is 5.92 Å². The van der Waals surface area contributed by atoms with Crippen LogP contribution < -0.4 is 4.74 Å². The summed E-state index contributed by atoms with van der Waals surface area (Å²) in [5.74, 6) is 1.88. The molecule has 1 aromatic heterocycles. The number of hydrogen-bond donors (Lipinski definition) is 1. The molecular formula is C16H23N3O2. The van der Waals surface area contributed by atoms with Crippen LogP contribution in [-0.2, 0) is 12.8 Å². The van der Waals surface area contributed by atoms with Crippen LogP contribution >= 0.6 is 0 Å². The van der Waals surface area contributed by atoms with Crippen LogP contribution in [0, 0.1) is 5.92 Å². The van der Waals surface area contributed by atoms with E-state index in [0.29, 0.717) is 6.42 Å². The first-order valence-corrected chi connectivity index (χ1v) is 7.26. The van der Waals surface area contributed by atoms with Crippen LogP contribution in [0.2, 0.25) is 0 Å². The van der Waals surface area contributed by atoms with E-state index in [1.54, 1.807) is 13.4 Å². The first-order valence-electron chi connectivity index (χ1n) is 7.26. The molecule has 2 aromatic rings. The number of hydrogen-bond acceptors (Lipinski definition) is 4. The van der Waals surface area contributed by atoms with Crippen LogP contribution in [0.3, 0.4) is 0 Å². The highest BCUT2D eigenvalue weighted by atomic mass is 16.5. The fraction of sp³-hybridized carbons (Fsp3) is 0.500. The Bertz CT molecular complexity index is 566. The number of rotatable bonds is 7. The number of ether oxygens (including phenoxy) is 1. The Balaban J connectivity index is 2.11. The highest BCUT2D eigenvalue weighted by molar-refractivity contribution is 5.33. The maximum absolute atomic E-state index is 9.68. The summed E-state index contributed by atoms with van der Waals surface area (Å²) in [5.41, 5.74) is 1.11. The largest absolute Gasteiger partial charge is 0.496 e. The molecule has 0 aliphatic rings. The summed E-state index contributed by atoms with van der Waals surface area (Å²) >= 11 is 0. The maximum Gasteiger partial charge on any atom is 0.138 e. The van der Waals surface area contributed by atoms with Crippen molar-refractivity contribution in [2.45, 2.75) is 32.7 Å². The number of methoxy groups -OCH3 is 1. The van der Waals surface area contributed by atoms with Crippen LogP contribution in [0.1, 0.15) is 31.3 Å². The van der Waals surface area contributed by atoms with E-state index >= 15 is 0 Å². The van der Waals surface area contributed by atoms with Crippen LogP contribution in [-0.4, -0.2) is 33.6 Å². The van der Waals surface area contributed by atoms with Gasteiger partial charge in [-0.25, -0.2) is 9.67 Å². The SMILES string of the molecule is COc1ccccc1CC(CO)Cc1ncnn1C(C)C. The quantitative estimate of drug-likeness (QED) is 0.849. The van der Waals surface area contributed by atoms with E-state index in [1.165, 1.54) is 0 Å². The summed E-state index contributed by atoms with van der Waals surface area (Å²) in [7, 11) is 1.67. The molecule has 1 aromatic carbocycles. The molecular weight excluding hydrogens is 266 g/mol. The zero-order valence-electron chi connectivity index (χ0n) is 12.9. The molecule has 21 heavy (non-hydrogen) atoms. The van der Waals surface area contributed by atoms with E-state index in [2.05, 4.69) is 23.9 Å². The van der Waals surface area contributed by atoms with E-state index < -0.39 is 0 Å². The molecule has 2 rings (SSSR count). The molecule has 5 nitrogen and oxygen atoms in total. The normalized spacial score (nSPS) is 12.6. The van der Waals surface area contributed by atoms with Crippen molar-refractivity contribution in [2.75, 3.05) is 13.7 Å². The lowest BCUT2D eigenvalue weighted by Crippen LogP contribution is -2.18. The molecule has 0 fully saturated rings. The highest BCUT2D eigenvalue weighted by Gasteiger charge is 2.16. The topological polar surface area (TPSA) is 60.2 Å². The molecule has 0 bridgehead atoms. The van der Waals surface area contributed by atoms with Gasteiger partial charge in [0.1, 0.15) is 17.9 Å². The smallest absolute Gasteiger partial charge is 0.138 e. The Kier molecular flexibility index (Phi) is 5.33. The fourth-order valence-corrected chi connectivity index (χ4v) is 2.49. The van der Waals surface area contributed by atoms with Gasteiger partial charge in [-0.3, -0.25) is 0 Å². The van der Waals surface area contributed by atoms with E-state index in [1.807, 2.05) is 28.9 Å². The number of aliphatic hydroxyl groups excluding tert-OH is 1. The molecule has 114 valence electrons. The Morgan fingerprint density at radius 2 is 2.00 bits per heavy atom. The predicted molar refractivity (Wildman–Crippen MR) is 81.4 cm³/mol. The average molecular weight is 289 g/mol. The molecule has 1 unspecified atom stereocenters. The number of aromatic nitrogens is 3. The molecule has 0 aliphatic heterocycles. The Hall–Kier alpha value is -1.88. The van der Waals surface area contributed by atoms with Crippen LogP contribution in [0.4, 0.5) is 0 Å². The Morgan fingerprint density at radius 1 is 1.24 bits per heavy atom. The molecule has 0 saturated heterocycles. The number of benzene rings is 1. The third kappa shape index (κ3) is 3.82. The lowest BCUT2D eigenvalue weighted by Gasteiger charge is -2.17.